The molecule has 5 rings (SSSR count). The minimum absolute atomic E-state index is 0.918. The third kappa shape index (κ3) is 1.87. The molecule has 2 nitrogen and oxygen atoms in total. The Morgan fingerprint density at radius 1 is 0.870 bits per heavy atom. The van der Waals surface area contributed by atoms with Crippen LogP contribution in [-0.2, 0) is 0 Å². The Hall–Kier alpha value is -2.78. The van der Waals surface area contributed by atoms with Crippen molar-refractivity contribution in [2.75, 3.05) is 4.90 Å². The van der Waals surface area contributed by atoms with Gasteiger partial charge in [-0.3, -0.25) is 0 Å². The van der Waals surface area contributed by atoms with Crippen LogP contribution in [0.15, 0.2) is 66.2 Å². The molecule has 0 amide bonds. The summed E-state index contributed by atoms with van der Waals surface area (Å²) in [4.78, 5) is 2.23. The molecule has 2 aliphatic heterocycles. The minimum atomic E-state index is 0.918. The molecule has 0 aliphatic carbocycles. The lowest BCUT2D eigenvalue weighted by molar-refractivity contribution is 0.537. The van der Waals surface area contributed by atoms with Crippen molar-refractivity contribution < 1.29 is 4.74 Å². The predicted octanol–water partition coefficient (Wildman–Crippen LogP) is 3.99. The smallest absolute Gasteiger partial charge is 0.134 e. The number of allylic oxidation sites excluding steroid dienone is 1. The summed E-state index contributed by atoms with van der Waals surface area (Å²) < 4.78 is 5.86. The molecule has 0 N–H and O–H groups in total. The lowest BCUT2D eigenvalue weighted by atomic mass is 9.98. The standard InChI is InChI=1S/C20H13NOS/c1-2-7-19-16(5-1)14-9-10-18-15(17(14)13-22-19)6-3-11-21(18)20-8-4-12-23-20/h1-13H. The summed E-state index contributed by atoms with van der Waals surface area (Å²) in [6.45, 7) is 0. The highest BCUT2D eigenvalue weighted by atomic mass is 32.1. The van der Waals surface area contributed by atoms with E-state index in [1.165, 1.54) is 21.5 Å². The average Bonchev–Trinajstić information content (AvgIpc) is 3.15. The summed E-state index contributed by atoms with van der Waals surface area (Å²) in [5.41, 5.74) is 3.56. The molecule has 0 atom stereocenters. The zero-order valence-corrected chi connectivity index (χ0v) is 13.1. The first-order valence-corrected chi connectivity index (χ1v) is 8.40. The number of para-hydroxylation sites is 1. The van der Waals surface area contributed by atoms with E-state index >= 15 is 0 Å². The second kappa shape index (κ2) is 4.86. The summed E-state index contributed by atoms with van der Waals surface area (Å²) in [5, 5.41) is 5.66. The highest BCUT2D eigenvalue weighted by Gasteiger charge is 2.17. The first kappa shape index (κ1) is 12.7. The lowest BCUT2D eigenvalue weighted by Gasteiger charge is -2.24. The van der Waals surface area contributed by atoms with Crippen molar-refractivity contribution in [3.63, 3.8) is 0 Å². The lowest BCUT2D eigenvalue weighted by Crippen LogP contribution is -2.35. The maximum Gasteiger partial charge on any atom is 0.134 e. The van der Waals surface area contributed by atoms with Crippen molar-refractivity contribution in [1.82, 2.24) is 0 Å². The molecule has 0 saturated heterocycles. The molecular formula is C20H13NOS. The van der Waals surface area contributed by atoms with Crippen LogP contribution in [0.2, 0.25) is 0 Å². The van der Waals surface area contributed by atoms with Gasteiger partial charge in [0.25, 0.3) is 0 Å². The van der Waals surface area contributed by atoms with E-state index < -0.39 is 0 Å². The van der Waals surface area contributed by atoms with Crippen molar-refractivity contribution >= 4 is 34.4 Å². The predicted molar refractivity (Wildman–Crippen MR) is 96.3 cm³/mol. The zero-order valence-electron chi connectivity index (χ0n) is 12.3. The van der Waals surface area contributed by atoms with Crippen LogP contribution in [0.5, 0.6) is 5.75 Å². The molecule has 23 heavy (non-hydrogen) atoms. The van der Waals surface area contributed by atoms with Crippen LogP contribution in [0.4, 0.5) is 10.7 Å². The van der Waals surface area contributed by atoms with E-state index in [9.17, 15) is 0 Å². The third-order valence-electron chi connectivity index (χ3n) is 4.25. The summed E-state index contributed by atoms with van der Waals surface area (Å²) in [7, 11) is 0. The highest BCUT2D eigenvalue weighted by molar-refractivity contribution is 7.14. The number of ether oxygens (including phenoxy) is 1. The molecule has 2 aliphatic rings. The molecule has 0 bridgehead atoms. The molecule has 3 aromatic rings. The number of nitrogens with zero attached hydrogens (tertiary/aromatic N) is 1. The van der Waals surface area contributed by atoms with Crippen molar-refractivity contribution in [2.24, 2.45) is 0 Å². The Labute approximate surface area is 137 Å². The molecule has 0 spiro atoms. The van der Waals surface area contributed by atoms with Crippen LogP contribution in [0, 0.1) is 0 Å². The Kier molecular flexibility index (Phi) is 2.69. The molecule has 0 radical (unpaired) electrons. The van der Waals surface area contributed by atoms with Gasteiger partial charge in [0, 0.05) is 22.2 Å². The van der Waals surface area contributed by atoms with E-state index in [0.29, 0.717) is 0 Å². The fraction of sp³-hybridized carbons (Fsp3) is 0. The van der Waals surface area contributed by atoms with Crippen LogP contribution in [0.3, 0.4) is 0 Å². The summed E-state index contributed by atoms with van der Waals surface area (Å²) in [6, 6.07) is 16.8. The molecule has 3 heteroatoms. The fourth-order valence-corrected chi connectivity index (χ4v) is 3.92. The number of anilines is 2. The monoisotopic (exact) mass is 315 g/mol. The van der Waals surface area contributed by atoms with Crippen molar-refractivity contribution in [1.29, 1.82) is 0 Å². The van der Waals surface area contributed by atoms with Gasteiger partial charge in [0.15, 0.2) is 0 Å². The largest absolute Gasteiger partial charge is 0.464 e. The van der Waals surface area contributed by atoms with Gasteiger partial charge in [-0.1, -0.05) is 30.3 Å². The minimum Gasteiger partial charge on any atom is -0.464 e. The molecule has 1 aromatic heterocycles. The molecule has 0 saturated carbocycles. The number of hydrogen-bond donors (Lipinski definition) is 0. The SMILES string of the molecule is C1=CN(c2cccs2)c2ccc3c(c2=C1)=COc1ccccc1-3. The highest BCUT2D eigenvalue weighted by Crippen LogP contribution is 2.33. The van der Waals surface area contributed by atoms with Gasteiger partial charge in [-0.15, -0.1) is 11.3 Å². The van der Waals surface area contributed by atoms with Crippen LogP contribution < -0.4 is 20.1 Å². The van der Waals surface area contributed by atoms with E-state index in [4.69, 9.17) is 4.74 Å². The molecule has 0 unspecified atom stereocenters. The van der Waals surface area contributed by atoms with Gasteiger partial charge in [0.1, 0.15) is 5.75 Å². The quantitative estimate of drug-likeness (QED) is 0.673. The maximum absolute atomic E-state index is 5.86. The van der Waals surface area contributed by atoms with Gasteiger partial charge in [-0.2, -0.15) is 0 Å². The van der Waals surface area contributed by atoms with Gasteiger partial charge in [0.2, 0.25) is 0 Å². The van der Waals surface area contributed by atoms with Crippen molar-refractivity contribution in [3.8, 4) is 16.9 Å². The topological polar surface area (TPSA) is 12.5 Å². The first-order chi connectivity index (χ1) is 11.4. The van der Waals surface area contributed by atoms with Crippen LogP contribution in [0.25, 0.3) is 23.5 Å². The zero-order chi connectivity index (χ0) is 15.2. The second-order valence-electron chi connectivity index (χ2n) is 5.52. The third-order valence-corrected chi connectivity index (χ3v) is 5.11. The number of hydrogen-bond acceptors (Lipinski definition) is 3. The van der Waals surface area contributed by atoms with Gasteiger partial charge in [-0.05, 0) is 41.3 Å². The summed E-state index contributed by atoms with van der Waals surface area (Å²) >= 11 is 1.74. The van der Waals surface area contributed by atoms with E-state index in [2.05, 4.69) is 65.0 Å². The Morgan fingerprint density at radius 2 is 1.83 bits per heavy atom. The molecule has 110 valence electrons. The van der Waals surface area contributed by atoms with E-state index in [1.807, 2.05) is 18.4 Å². The molecule has 2 aromatic carbocycles. The van der Waals surface area contributed by atoms with Crippen molar-refractivity contribution in [2.45, 2.75) is 0 Å². The average molecular weight is 315 g/mol. The van der Waals surface area contributed by atoms with Gasteiger partial charge in [0.05, 0.1) is 17.0 Å². The fourth-order valence-electron chi connectivity index (χ4n) is 3.19. The van der Waals surface area contributed by atoms with Crippen molar-refractivity contribution in [3.05, 3.63) is 76.6 Å². The Balaban J connectivity index is 1.78. The summed E-state index contributed by atoms with van der Waals surface area (Å²) in [6.07, 6.45) is 8.24. The number of benzene rings is 2. The molecule has 3 heterocycles. The summed E-state index contributed by atoms with van der Waals surface area (Å²) in [5.74, 6) is 0.918. The molecule has 0 fully saturated rings. The van der Waals surface area contributed by atoms with Crippen LogP contribution in [0.1, 0.15) is 0 Å². The molecular weight excluding hydrogens is 302 g/mol. The van der Waals surface area contributed by atoms with E-state index in [0.717, 1.165) is 16.5 Å². The van der Waals surface area contributed by atoms with Gasteiger partial charge >= 0.3 is 0 Å². The van der Waals surface area contributed by atoms with Gasteiger partial charge in [-0.25, -0.2) is 0 Å². The second-order valence-corrected chi connectivity index (χ2v) is 6.45. The Morgan fingerprint density at radius 3 is 2.74 bits per heavy atom. The first-order valence-electron chi connectivity index (χ1n) is 7.52. The van der Waals surface area contributed by atoms with Crippen LogP contribution >= 0.6 is 11.3 Å². The van der Waals surface area contributed by atoms with E-state index in [-0.39, 0.29) is 0 Å². The van der Waals surface area contributed by atoms with Crippen LogP contribution in [-0.4, -0.2) is 0 Å². The normalized spacial score (nSPS) is 14.0. The Bertz CT molecular complexity index is 1050. The van der Waals surface area contributed by atoms with E-state index in [1.54, 1.807) is 11.3 Å². The van der Waals surface area contributed by atoms with Gasteiger partial charge < -0.3 is 9.64 Å². The number of fused-ring (bicyclic) bond motifs is 5. The maximum atomic E-state index is 5.86. The number of thiophene rings is 1. The number of rotatable bonds is 1.